The lowest BCUT2D eigenvalue weighted by molar-refractivity contribution is -0.123. The van der Waals surface area contributed by atoms with Crippen LogP contribution in [0, 0.1) is 0 Å². The van der Waals surface area contributed by atoms with Gasteiger partial charge in [0.25, 0.3) is 0 Å². The first kappa shape index (κ1) is 17.2. The Morgan fingerprint density at radius 2 is 2.04 bits per heavy atom. The lowest BCUT2D eigenvalue weighted by Gasteiger charge is -2.25. The summed E-state index contributed by atoms with van der Waals surface area (Å²) in [7, 11) is 0. The zero-order chi connectivity index (χ0) is 16.9. The summed E-state index contributed by atoms with van der Waals surface area (Å²) in [5.74, 6) is 0.0910. The molecule has 1 saturated heterocycles. The maximum absolute atomic E-state index is 12.5. The van der Waals surface area contributed by atoms with E-state index in [1.54, 1.807) is 0 Å². The molecule has 2 aromatic carbocycles. The van der Waals surface area contributed by atoms with Crippen molar-refractivity contribution < 1.29 is 4.79 Å². The first-order chi connectivity index (χ1) is 11.6. The van der Waals surface area contributed by atoms with Gasteiger partial charge < -0.3 is 5.32 Å². The highest BCUT2D eigenvalue weighted by Crippen LogP contribution is 2.32. The number of amides is 1. The summed E-state index contributed by atoms with van der Waals surface area (Å²) >= 11 is 3.54. The zero-order valence-corrected chi connectivity index (χ0v) is 15.5. The van der Waals surface area contributed by atoms with Gasteiger partial charge in [-0.2, -0.15) is 0 Å². The smallest absolute Gasteiger partial charge is 0.234 e. The lowest BCUT2D eigenvalue weighted by Crippen LogP contribution is -2.38. The summed E-state index contributed by atoms with van der Waals surface area (Å²) in [4.78, 5) is 14.8. The second kappa shape index (κ2) is 7.95. The van der Waals surface area contributed by atoms with Crippen LogP contribution in [0.2, 0.25) is 0 Å². The predicted octanol–water partition coefficient (Wildman–Crippen LogP) is 4.46. The number of hydrogen-bond acceptors (Lipinski definition) is 2. The van der Waals surface area contributed by atoms with Gasteiger partial charge in [0.1, 0.15) is 0 Å². The van der Waals surface area contributed by atoms with E-state index in [1.807, 2.05) is 43.3 Å². The van der Waals surface area contributed by atoms with Gasteiger partial charge in [-0.15, -0.1) is 0 Å². The molecule has 1 fully saturated rings. The third-order valence-corrected chi connectivity index (χ3v) is 5.11. The lowest BCUT2D eigenvalue weighted by atomic mass is 10.0. The van der Waals surface area contributed by atoms with Crippen LogP contribution in [0.1, 0.15) is 43.0 Å². The van der Waals surface area contributed by atoms with Crippen molar-refractivity contribution in [1.29, 1.82) is 0 Å². The Morgan fingerprint density at radius 1 is 1.25 bits per heavy atom. The van der Waals surface area contributed by atoms with E-state index in [0.717, 1.165) is 29.4 Å². The molecule has 1 N–H and O–H groups in total. The fourth-order valence-corrected chi connectivity index (χ4v) is 3.82. The molecule has 0 saturated carbocycles. The molecule has 0 bridgehead atoms. The van der Waals surface area contributed by atoms with Crippen molar-refractivity contribution in [2.45, 2.75) is 31.8 Å². The van der Waals surface area contributed by atoms with E-state index in [-0.39, 0.29) is 11.9 Å². The summed E-state index contributed by atoms with van der Waals surface area (Å²) in [5, 5.41) is 3.12. The van der Waals surface area contributed by atoms with Gasteiger partial charge in [0.15, 0.2) is 0 Å². The minimum Gasteiger partial charge on any atom is -0.348 e. The molecule has 0 aromatic heterocycles. The normalized spacial score (nSPS) is 19.2. The average Bonchev–Trinajstić information content (AvgIpc) is 3.03. The number of carbonyl (C=O) groups excluding carboxylic acids is 1. The standard InChI is InChI=1S/C20H23BrN2O/c1-15(16-7-3-2-4-8-16)22-20(24)14-23-12-6-11-19(23)17-9-5-10-18(21)13-17/h2-5,7-10,13,15,19H,6,11-12,14H2,1H3,(H,22,24). The van der Waals surface area contributed by atoms with Crippen molar-refractivity contribution >= 4 is 21.8 Å². The van der Waals surface area contributed by atoms with Gasteiger partial charge in [-0.3, -0.25) is 9.69 Å². The van der Waals surface area contributed by atoms with Crippen molar-refractivity contribution in [2.75, 3.05) is 13.1 Å². The van der Waals surface area contributed by atoms with Gasteiger partial charge in [0, 0.05) is 10.5 Å². The number of carbonyl (C=O) groups is 1. The Morgan fingerprint density at radius 3 is 2.79 bits per heavy atom. The highest BCUT2D eigenvalue weighted by molar-refractivity contribution is 9.10. The van der Waals surface area contributed by atoms with Crippen LogP contribution in [-0.4, -0.2) is 23.9 Å². The highest BCUT2D eigenvalue weighted by atomic mass is 79.9. The van der Waals surface area contributed by atoms with Crippen LogP contribution in [0.25, 0.3) is 0 Å². The second-order valence-corrected chi connectivity index (χ2v) is 7.30. The van der Waals surface area contributed by atoms with Crippen LogP contribution in [0.3, 0.4) is 0 Å². The molecule has 4 heteroatoms. The minimum atomic E-state index is 0.0330. The van der Waals surface area contributed by atoms with E-state index < -0.39 is 0 Å². The topological polar surface area (TPSA) is 32.3 Å². The molecule has 0 spiro atoms. The molecule has 1 heterocycles. The van der Waals surface area contributed by atoms with Crippen molar-refractivity contribution in [3.63, 3.8) is 0 Å². The van der Waals surface area contributed by atoms with Gasteiger partial charge >= 0.3 is 0 Å². The SMILES string of the molecule is CC(NC(=O)CN1CCCC1c1cccc(Br)c1)c1ccccc1. The summed E-state index contributed by atoms with van der Waals surface area (Å²) in [6, 6.07) is 18.9. The van der Waals surface area contributed by atoms with Gasteiger partial charge in [-0.1, -0.05) is 58.4 Å². The summed E-state index contributed by atoms with van der Waals surface area (Å²) in [5.41, 5.74) is 2.42. The van der Waals surface area contributed by atoms with E-state index in [1.165, 1.54) is 5.56 Å². The van der Waals surface area contributed by atoms with Gasteiger partial charge in [-0.05, 0) is 49.6 Å². The van der Waals surface area contributed by atoms with Crippen molar-refractivity contribution in [2.24, 2.45) is 0 Å². The third kappa shape index (κ3) is 4.25. The third-order valence-electron chi connectivity index (χ3n) is 4.62. The number of nitrogens with zero attached hydrogens (tertiary/aromatic N) is 1. The highest BCUT2D eigenvalue weighted by Gasteiger charge is 2.27. The average molecular weight is 387 g/mol. The van der Waals surface area contributed by atoms with Gasteiger partial charge in [0.05, 0.1) is 12.6 Å². The van der Waals surface area contributed by atoms with E-state index in [4.69, 9.17) is 0 Å². The Balaban J connectivity index is 1.61. The van der Waals surface area contributed by atoms with Gasteiger partial charge in [-0.25, -0.2) is 0 Å². The van der Waals surface area contributed by atoms with E-state index in [2.05, 4.69) is 44.3 Å². The molecule has 3 nitrogen and oxygen atoms in total. The molecule has 3 rings (SSSR count). The Hall–Kier alpha value is -1.65. The van der Waals surface area contributed by atoms with Crippen LogP contribution in [0.4, 0.5) is 0 Å². The number of rotatable bonds is 5. The fraction of sp³-hybridized carbons (Fsp3) is 0.350. The molecule has 1 amide bonds. The number of benzene rings is 2. The molecular formula is C20H23BrN2O. The monoisotopic (exact) mass is 386 g/mol. The molecule has 0 aliphatic carbocycles. The Bertz CT molecular complexity index is 689. The minimum absolute atomic E-state index is 0.0330. The van der Waals surface area contributed by atoms with Crippen LogP contribution in [0.15, 0.2) is 59.1 Å². The molecule has 1 aliphatic rings. The number of likely N-dealkylation sites (tertiary alicyclic amines) is 1. The Kier molecular flexibility index (Phi) is 5.69. The van der Waals surface area contributed by atoms with Crippen LogP contribution in [-0.2, 0) is 4.79 Å². The fourth-order valence-electron chi connectivity index (χ4n) is 3.40. The van der Waals surface area contributed by atoms with E-state index >= 15 is 0 Å². The van der Waals surface area contributed by atoms with Crippen molar-refractivity contribution in [3.05, 3.63) is 70.2 Å². The molecule has 126 valence electrons. The quantitative estimate of drug-likeness (QED) is 0.822. The Labute approximate surface area is 152 Å². The first-order valence-electron chi connectivity index (χ1n) is 8.47. The molecule has 2 unspecified atom stereocenters. The summed E-state index contributed by atoms with van der Waals surface area (Å²) in [6.45, 7) is 3.46. The van der Waals surface area contributed by atoms with Crippen molar-refractivity contribution in [3.8, 4) is 0 Å². The molecule has 2 aromatic rings. The molecular weight excluding hydrogens is 364 g/mol. The summed E-state index contributed by atoms with van der Waals surface area (Å²) < 4.78 is 1.09. The van der Waals surface area contributed by atoms with Crippen molar-refractivity contribution in [1.82, 2.24) is 10.2 Å². The molecule has 2 atom stereocenters. The van der Waals surface area contributed by atoms with Crippen LogP contribution in [0.5, 0.6) is 0 Å². The molecule has 1 aliphatic heterocycles. The maximum Gasteiger partial charge on any atom is 0.234 e. The number of nitrogens with one attached hydrogen (secondary N) is 1. The maximum atomic E-state index is 12.5. The first-order valence-corrected chi connectivity index (χ1v) is 9.26. The number of hydrogen-bond donors (Lipinski definition) is 1. The summed E-state index contributed by atoms with van der Waals surface area (Å²) in [6.07, 6.45) is 2.25. The number of halogens is 1. The zero-order valence-electron chi connectivity index (χ0n) is 13.9. The predicted molar refractivity (Wildman–Crippen MR) is 101 cm³/mol. The van der Waals surface area contributed by atoms with Crippen LogP contribution >= 0.6 is 15.9 Å². The van der Waals surface area contributed by atoms with E-state index in [0.29, 0.717) is 12.6 Å². The largest absolute Gasteiger partial charge is 0.348 e. The molecule has 0 radical (unpaired) electrons. The van der Waals surface area contributed by atoms with E-state index in [9.17, 15) is 4.79 Å². The van der Waals surface area contributed by atoms with Crippen LogP contribution < -0.4 is 5.32 Å². The molecule has 24 heavy (non-hydrogen) atoms. The second-order valence-electron chi connectivity index (χ2n) is 6.38. The van der Waals surface area contributed by atoms with Gasteiger partial charge in [0.2, 0.25) is 5.91 Å².